The summed E-state index contributed by atoms with van der Waals surface area (Å²) in [4.78, 5) is 14.3. The molecular weight excluding hydrogens is 351 g/mol. The zero-order valence-corrected chi connectivity index (χ0v) is 12.8. The quantitative estimate of drug-likeness (QED) is 0.669. The molecular formula is C13H11ClF3N5O2. The Hall–Kier alpha value is -2.36. The van der Waals surface area contributed by atoms with Crippen LogP contribution in [0.25, 0.3) is 0 Å². The number of alkyl halides is 3. The fraction of sp³-hybridized carbons (Fsp3) is 0.385. The van der Waals surface area contributed by atoms with Crippen molar-refractivity contribution in [3.05, 3.63) is 45.0 Å². The van der Waals surface area contributed by atoms with E-state index in [2.05, 4.69) is 15.4 Å². The molecule has 128 valence electrons. The molecule has 2 aromatic rings. The molecule has 1 N–H and O–H groups in total. The van der Waals surface area contributed by atoms with Gasteiger partial charge < -0.3 is 5.32 Å². The van der Waals surface area contributed by atoms with E-state index < -0.39 is 27.4 Å². The van der Waals surface area contributed by atoms with Gasteiger partial charge in [-0.2, -0.15) is 18.3 Å². The van der Waals surface area contributed by atoms with Crippen LogP contribution in [0.2, 0.25) is 5.02 Å². The average Bonchev–Trinajstić information content (AvgIpc) is 2.93. The van der Waals surface area contributed by atoms with Crippen molar-refractivity contribution in [1.82, 2.24) is 14.8 Å². The number of hydrogen-bond acceptors (Lipinski definition) is 5. The molecule has 3 rings (SSSR count). The molecule has 11 heteroatoms. The molecule has 1 aliphatic rings. The third kappa shape index (κ3) is 3.14. The number of nitrogens with zero attached hydrogens (tertiary/aromatic N) is 4. The third-order valence-corrected chi connectivity index (χ3v) is 4.07. The van der Waals surface area contributed by atoms with Crippen molar-refractivity contribution in [2.75, 3.05) is 5.32 Å². The van der Waals surface area contributed by atoms with Gasteiger partial charge in [0.25, 0.3) is 5.69 Å². The van der Waals surface area contributed by atoms with Crippen LogP contribution in [0.5, 0.6) is 0 Å². The smallest absolute Gasteiger partial charge is 0.375 e. The standard InChI is InChI=1S/C13H11ClF3N5O2/c14-9-4-10(11(22(23)24)3-8(9)13(15,16)17)20-7-1-2-12-18-6-19-21(12)5-7/h3-4,6-7,20H,1-2,5H2. The van der Waals surface area contributed by atoms with Crippen molar-refractivity contribution in [2.45, 2.75) is 31.6 Å². The molecule has 2 heterocycles. The highest BCUT2D eigenvalue weighted by molar-refractivity contribution is 6.31. The minimum absolute atomic E-state index is 0.0495. The first-order valence-corrected chi connectivity index (χ1v) is 7.32. The van der Waals surface area contributed by atoms with E-state index in [1.54, 1.807) is 4.68 Å². The van der Waals surface area contributed by atoms with Crippen LogP contribution in [-0.4, -0.2) is 25.7 Å². The molecule has 1 aromatic heterocycles. The molecule has 24 heavy (non-hydrogen) atoms. The van der Waals surface area contributed by atoms with E-state index in [9.17, 15) is 23.3 Å². The van der Waals surface area contributed by atoms with Gasteiger partial charge >= 0.3 is 6.18 Å². The van der Waals surface area contributed by atoms with Crippen LogP contribution in [0, 0.1) is 10.1 Å². The number of aromatic nitrogens is 3. The van der Waals surface area contributed by atoms with E-state index in [1.807, 2.05) is 0 Å². The summed E-state index contributed by atoms with van der Waals surface area (Å²) in [5.74, 6) is 0.799. The molecule has 0 saturated carbocycles. The van der Waals surface area contributed by atoms with Gasteiger partial charge in [0.15, 0.2) is 0 Å². The summed E-state index contributed by atoms with van der Waals surface area (Å²) in [6.45, 7) is 0.408. The molecule has 0 spiro atoms. The summed E-state index contributed by atoms with van der Waals surface area (Å²) >= 11 is 5.66. The first kappa shape index (κ1) is 16.5. The van der Waals surface area contributed by atoms with Crippen LogP contribution in [-0.2, 0) is 19.1 Å². The van der Waals surface area contributed by atoms with Crippen molar-refractivity contribution < 1.29 is 18.1 Å². The second kappa shape index (κ2) is 5.93. The van der Waals surface area contributed by atoms with E-state index in [0.717, 1.165) is 11.9 Å². The minimum atomic E-state index is -4.76. The number of hydrogen-bond donors (Lipinski definition) is 1. The number of benzene rings is 1. The first-order chi connectivity index (χ1) is 11.3. The number of nitrogens with one attached hydrogen (secondary N) is 1. The average molecular weight is 362 g/mol. The molecule has 0 aliphatic carbocycles. The van der Waals surface area contributed by atoms with Crippen molar-refractivity contribution in [1.29, 1.82) is 0 Å². The number of aryl methyl sites for hydroxylation is 1. The molecule has 0 radical (unpaired) electrons. The Balaban J connectivity index is 1.90. The molecule has 1 atom stereocenters. The predicted octanol–water partition coefficient (Wildman–Crippen LogP) is 3.29. The van der Waals surface area contributed by atoms with Gasteiger partial charge in [0.2, 0.25) is 0 Å². The molecule has 1 aliphatic heterocycles. The van der Waals surface area contributed by atoms with Gasteiger partial charge in [0.1, 0.15) is 17.8 Å². The summed E-state index contributed by atoms with van der Waals surface area (Å²) in [7, 11) is 0. The van der Waals surface area contributed by atoms with E-state index >= 15 is 0 Å². The Morgan fingerprint density at radius 1 is 1.42 bits per heavy atom. The van der Waals surface area contributed by atoms with Crippen LogP contribution < -0.4 is 5.32 Å². The van der Waals surface area contributed by atoms with Crippen LogP contribution in [0.15, 0.2) is 18.5 Å². The molecule has 0 bridgehead atoms. The maximum atomic E-state index is 12.9. The lowest BCUT2D eigenvalue weighted by molar-refractivity contribution is -0.384. The minimum Gasteiger partial charge on any atom is -0.375 e. The molecule has 1 unspecified atom stereocenters. The maximum absolute atomic E-state index is 12.9. The van der Waals surface area contributed by atoms with E-state index in [4.69, 9.17) is 11.6 Å². The number of nitro benzene ring substituents is 1. The van der Waals surface area contributed by atoms with Gasteiger partial charge in [-0.25, -0.2) is 9.67 Å². The monoisotopic (exact) mass is 361 g/mol. The Morgan fingerprint density at radius 2 is 2.17 bits per heavy atom. The molecule has 1 aromatic carbocycles. The summed E-state index contributed by atoms with van der Waals surface area (Å²) in [5.41, 5.74) is -1.95. The second-order valence-electron chi connectivity index (χ2n) is 5.34. The normalized spacial score (nSPS) is 17.4. The van der Waals surface area contributed by atoms with Crippen molar-refractivity contribution in [3.8, 4) is 0 Å². The first-order valence-electron chi connectivity index (χ1n) is 6.94. The SMILES string of the molecule is O=[N+]([O-])c1cc(C(F)(F)F)c(Cl)cc1NC1CCc2ncnn2C1. The summed E-state index contributed by atoms with van der Waals surface area (Å²) in [6, 6.07) is 1.17. The van der Waals surface area contributed by atoms with Crippen LogP contribution in [0.3, 0.4) is 0 Å². The fourth-order valence-electron chi connectivity index (χ4n) is 2.62. The maximum Gasteiger partial charge on any atom is 0.418 e. The van der Waals surface area contributed by atoms with Crippen molar-refractivity contribution in [3.63, 3.8) is 0 Å². The Bertz CT molecular complexity index is 792. The van der Waals surface area contributed by atoms with Crippen molar-refractivity contribution >= 4 is 23.0 Å². The fourth-order valence-corrected chi connectivity index (χ4v) is 2.89. The number of rotatable bonds is 3. The number of anilines is 1. The Labute approximate surface area is 138 Å². The van der Waals surface area contributed by atoms with E-state index in [-0.39, 0.29) is 11.7 Å². The highest BCUT2D eigenvalue weighted by Gasteiger charge is 2.36. The zero-order chi connectivity index (χ0) is 17.5. The van der Waals surface area contributed by atoms with E-state index in [0.29, 0.717) is 25.5 Å². The lowest BCUT2D eigenvalue weighted by Gasteiger charge is -2.24. The molecule has 0 saturated heterocycles. The Kier molecular flexibility index (Phi) is 4.08. The second-order valence-corrected chi connectivity index (χ2v) is 5.75. The summed E-state index contributed by atoms with van der Waals surface area (Å²) in [6.07, 6.45) is -2.12. The highest BCUT2D eigenvalue weighted by Crippen LogP contribution is 2.40. The summed E-state index contributed by atoms with van der Waals surface area (Å²) < 4.78 is 40.3. The third-order valence-electron chi connectivity index (χ3n) is 3.75. The molecule has 0 fully saturated rings. The van der Waals surface area contributed by atoms with Gasteiger partial charge in [0.05, 0.1) is 22.1 Å². The van der Waals surface area contributed by atoms with Gasteiger partial charge in [-0.3, -0.25) is 10.1 Å². The van der Waals surface area contributed by atoms with Gasteiger partial charge in [-0.1, -0.05) is 11.6 Å². The largest absolute Gasteiger partial charge is 0.418 e. The molecule has 7 nitrogen and oxygen atoms in total. The predicted molar refractivity (Wildman–Crippen MR) is 78.9 cm³/mol. The van der Waals surface area contributed by atoms with Gasteiger partial charge in [0, 0.05) is 18.5 Å². The van der Waals surface area contributed by atoms with Gasteiger partial charge in [-0.15, -0.1) is 0 Å². The van der Waals surface area contributed by atoms with Crippen molar-refractivity contribution in [2.24, 2.45) is 0 Å². The lowest BCUT2D eigenvalue weighted by atomic mass is 10.1. The molecule has 0 amide bonds. The van der Waals surface area contributed by atoms with Crippen LogP contribution in [0.1, 0.15) is 17.8 Å². The topological polar surface area (TPSA) is 85.9 Å². The lowest BCUT2D eigenvalue weighted by Crippen LogP contribution is -2.32. The Morgan fingerprint density at radius 3 is 2.83 bits per heavy atom. The highest BCUT2D eigenvalue weighted by atomic mass is 35.5. The summed E-state index contributed by atoms with van der Waals surface area (Å²) in [5, 5.41) is 17.5. The number of nitro groups is 1. The number of fused-ring (bicyclic) bond motifs is 1. The van der Waals surface area contributed by atoms with E-state index in [1.165, 1.54) is 6.33 Å². The zero-order valence-electron chi connectivity index (χ0n) is 12.0. The van der Waals surface area contributed by atoms with Crippen LogP contribution in [0.4, 0.5) is 24.5 Å². The van der Waals surface area contributed by atoms with Gasteiger partial charge in [-0.05, 0) is 12.5 Å². The van der Waals surface area contributed by atoms with Crippen LogP contribution >= 0.6 is 11.6 Å². The number of halogens is 4.